The van der Waals surface area contributed by atoms with E-state index in [0.717, 1.165) is 29.0 Å². The first kappa shape index (κ1) is 23.9. The number of rotatable bonds is 12. The van der Waals surface area contributed by atoms with Crippen molar-refractivity contribution in [2.75, 3.05) is 6.61 Å². The molecule has 3 rings (SSSR count). The molecule has 1 aromatic carbocycles. The predicted octanol–water partition coefficient (Wildman–Crippen LogP) is 2.48. The second kappa shape index (κ2) is 11.2. The van der Waals surface area contributed by atoms with Crippen LogP contribution < -0.4 is 15.8 Å². The SMILES string of the molecule is CC(NC(=O)CCCCc1cn(-c2ccsc2C(=O)O)nn1)c1ccc(OCC(N)=O)cc1. The van der Waals surface area contributed by atoms with Gasteiger partial charge in [0, 0.05) is 6.42 Å². The molecular formula is C22H25N5O5S. The van der Waals surface area contributed by atoms with Crippen LogP contribution in [0.25, 0.3) is 5.69 Å². The van der Waals surface area contributed by atoms with Gasteiger partial charge in [-0.1, -0.05) is 17.3 Å². The zero-order valence-electron chi connectivity index (χ0n) is 18.1. The van der Waals surface area contributed by atoms with Gasteiger partial charge < -0.3 is 20.9 Å². The fourth-order valence-corrected chi connectivity index (χ4v) is 3.89. The van der Waals surface area contributed by atoms with Gasteiger partial charge in [-0.15, -0.1) is 16.4 Å². The third-order valence-corrected chi connectivity index (χ3v) is 5.74. The Labute approximate surface area is 194 Å². The highest BCUT2D eigenvalue weighted by Crippen LogP contribution is 2.21. The van der Waals surface area contributed by atoms with E-state index in [4.69, 9.17) is 10.5 Å². The number of carbonyl (C=O) groups is 3. The van der Waals surface area contributed by atoms with Gasteiger partial charge in [-0.3, -0.25) is 9.59 Å². The molecule has 0 spiro atoms. The highest BCUT2D eigenvalue weighted by Gasteiger charge is 2.15. The minimum atomic E-state index is -0.996. The van der Waals surface area contributed by atoms with Crippen molar-refractivity contribution in [3.05, 3.63) is 58.0 Å². The first-order valence-electron chi connectivity index (χ1n) is 10.4. The van der Waals surface area contributed by atoms with Gasteiger partial charge in [-0.25, -0.2) is 9.48 Å². The Balaban J connectivity index is 1.40. The van der Waals surface area contributed by atoms with Gasteiger partial charge in [0.15, 0.2) is 6.61 Å². The molecule has 0 aliphatic heterocycles. The van der Waals surface area contributed by atoms with Gasteiger partial charge in [0.2, 0.25) is 5.91 Å². The van der Waals surface area contributed by atoms with Gasteiger partial charge >= 0.3 is 5.97 Å². The lowest BCUT2D eigenvalue weighted by molar-refractivity contribution is -0.122. The first-order chi connectivity index (χ1) is 15.8. The fourth-order valence-electron chi connectivity index (χ4n) is 3.17. The van der Waals surface area contributed by atoms with E-state index >= 15 is 0 Å². The number of carbonyl (C=O) groups excluding carboxylic acids is 2. The van der Waals surface area contributed by atoms with Gasteiger partial charge in [-0.05, 0) is 55.3 Å². The molecule has 4 N–H and O–H groups in total. The summed E-state index contributed by atoms with van der Waals surface area (Å²) in [4.78, 5) is 34.5. The molecule has 1 atom stereocenters. The van der Waals surface area contributed by atoms with Crippen molar-refractivity contribution in [1.29, 1.82) is 0 Å². The van der Waals surface area contributed by atoms with Crippen molar-refractivity contribution in [2.24, 2.45) is 5.73 Å². The van der Waals surface area contributed by atoms with Crippen LogP contribution in [-0.2, 0) is 16.0 Å². The third kappa shape index (κ3) is 6.88. The molecule has 11 heteroatoms. The van der Waals surface area contributed by atoms with E-state index in [9.17, 15) is 19.5 Å². The highest BCUT2D eigenvalue weighted by atomic mass is 32.1. The zero-order valence-corrected chi connectivity index (χ0v) is 18.9. The number of nitrogens with one attached hydrogen (secondary N) is 1. The molecule has 0 aliphatic carbocycles. The van der Waals surface area contributed by atoms with Crippen LogP contribution in [-0.4, -0.2) is 44.5 Å². The number of amides is 2. The van der Waals surface area contributed by atoms with Crippen molar-refractivity contribution in [3.63, 3.8) is 0 Å². The maximum absolute atomic E-state index is 12.3. The topological polar surface area (TPSA) is 149 Å². The second-order valence-electron chi connectivity index (χ2n) is 7.41. The number of ether oxygens (including phenoxy) is 1. The third-order valence-electron chi connectivity index (χ3n) is 4.85. The van der Waals surface area contributed by atoms with Gasteiger partial charge in [0.05, 0.1) is 23.6 Å². The Kier molecular flexibility index (Phi) is 8.14. The highest BCUT2D eigenvalue weighted by molar-refractivity contribution is 7.12. The number of primary amides is 1. The van der Waals surface area contributed by atoms with Crippen LogP contribution >= 0.6 is 11.3 Å². The van der Waals surface area contributed by atoms with Crippen LogP contribution in [0.15, 0.2) is 41.9 Å². The zero-order chi connectivity index (χ0) is 23.8. The number of thiophene rings is 1. The molecule has 1 unspecified atom stereocenters. The number of unbranched alkanes of at least 4 members (excludes halogenated alkanes) is 1. The minimum Gasteiger partial charge on any atom is -0.484 e. The van der Waals surface area contributed by atoms with Crippen LogP contribution in [0.2, 0.25) is 0 Å². The average Bonchev–Trinajstić information content (AvgIpc) is 3.45. The molecule has 0 aliphatic rings. The normalized spacial score (nSPS) is 11.7. The summed E-state index contributed by atoms with van der Waals surface area (Å²) in [5, 5.41) is 22.0. The predicted molar refractivity (Wildman–Crippen MR) is 121 cm³/mol. The van der Waals surface area contributed by atoms with Gasteiger partial charge in [0.1, 0.15) is 10.6 Å². The van der Waals surface area contributed by atoms with E-state index in [1.54, 1.807) is 29.8 Å². The number of aromatic carboxylic acids is 1. The van der Waals surface area contributed by atoms with Gasteiger partial charge in [0.25, 0.3) is 5.91 Å². The lowest BCUT2D eigenvalue weighted by Gasteiger charge is -2.15. The fraction of sp³-hybridized carbons (Fsp3) is 0.318. The molecule has 174 valence electrons. The van der Waals surface area contributed by atoms with Crippen molar-refractivity contribution >= 4 is 29.1 Å². The Hall–Kier alpha value is -3.73. The van der Waals surface area contributed by atoms with Crippen molar-refractivity contribution in [2.45, 2.75) is 38.6 Å². The number of carboxylic acids is 1. The number of aromatic nitrogens is 3. The number of benzene rings is 1. The van der Waals surface area contributed by atoms with E-state index in [1.165, 1.54) is 4.68 Å². The van der Waals surface area contributed by atoms with E-state index in [1.807, 2.05) is 19.1 Å². The Bertz CT molecular complexity index is 1110. The molecule has 0 radical (unpaired) electrons. The molecule has 2 aromatic heterocycles. The summed E-state index contributed by atoms with van der Waals surface area (Å²) < 4.78 is 6.69. The number of nitrogens with zero attached hydrogens (tertiary/aromatic N) is 3. The molecular weight excluding hydrogens is 446 g/mol. The quantitative estimate of drug-likeness (QED) is 0.343. The monoisotopic (exact) mass is 471 g/mol. The summed E-state index contributed by atoms with van der Waals surface area (Å²) in [6, 6.07) is 8.63. The van der Waals surface area contributed by atoms with Crippen LogP contribution in [0.1, 0.15) is 53.2 Å². The lowest BCUT2D eigenvalue weighted by atomic mass is 10.1. The van der Waals surface area contributed by atoms with Crippen LogP contribution in [0.3, 0.4) is 0 Å². The summed E-state index contributed by atoms with van der Waals surface area (Å²) in [6.45, 7) is 1.71. The van der Waals surface area contributed by atoms with Crippen LogP contribution in [0, 0.1) is 0 Å². The van der Waals surface area contributed by atoms with Crippen LogP contribution in [0.5, 0.6) is 5.75 Å². The summed E-state index contributed by atoms with van der Waals surface area (Å²) in [5.74, 6) is -1.06. The van der Waals surface area contributed by atoms with Crippen molar-refractivity contribution in [1.82, 2.24) is 20.3 Å². The second-order valence-corrected chi connectivity index (χ2v) is 8.33. The number of hydrogen-bond donors (Lipinski definition) is 3. The number of hydrogen-bond acceptors (Lipinski definition) is 7. The summed E-state index contributed by atoms with van der Waals surface area (Å²) in [5.41, 5.74) is 7.20. The number of aryl methyl sites for hydroxylation is 1. The minimum absolute atomic E-state index is 0.0513. The van der Waals surface area contributed by atoms with E-state index in [-0.39, 0.29) is 23.4 Å². The Morgan fingerprint density at radius 2 is 1.97 bits per heavy atom. The van der Waals surface area contributed by atoms with E-state index in [2.05, 4.69) is 15.6 Å². The maximum atomic E-state index is 12.3. The number of nitrogens with two attached hydrogens (primary N) is 1. The molecule has 10 nitrogen and oxygen atoms in total. The molecule has 2 heterocycles. The van der Waals surface area contributed by atoms with Crippen LogP contribution in [0.4, 0.5) is 0 Å². The molecule has 0 saturated carbocycles. The number of carboxylic acid groups (broad SMARTS) is 1. The molecule has 0 bridgehead atoms. The molecule has 33 heavy (non-hydrogen) atoms. The summed E-state index contributed by atoms with van der Waals surface area (Å²) >= 11 is 1.14. The average molecular weight is 472 g/mol. The summed E-state index contributed by atoms with van der Waals surface area (Å²) in [7, 11) is 0. The maximum Gasteiger partial charge on any atom is 0.348 e. The van der Waals surface area contributed by atoms with Crippen molar-refractivity contribution in [3.8, 4) is 11.4 Å². The Morgan fingerprint density at radius 3 is 2.67 bits per heavy atom. The molecule has 0 fully saturated rings. The smallest absolute Gasteiger partial charge is 0.348 e. The lowest BCUT2D eigenvalue weighted by Crippen LogP contribution is -2.26. The van der Waals surface area contributed by atoms with Crippen molar-refractivity contribution < 1.29 is 24.2 Å². The first-order valence-corrected chi connectivity index (χ1v) is 11.2. The van der Waals surface area contributed by atoms with E-state index in [0.29, 0.717) is 30.7 Å². The molecule has 0 saturated heterocycles. The molecule has 3 aromatic rings. The summed E-state index contributed by atoms with van der Waals surface area (Å²) in [6.07, 6.45) is 4.17. The van der Waals surface area contributed by atoms with E-state index < -0.39 is 11.9 Å². The van der Waals surface area contributed by atoms with Gasteiger partial charge in [-0.2, -0.15) is 0 Å². The Morgan fingerprint density at radius 1 is 1.21 bits per heavy atom. The standard InChI is InChI=1S/C22H25N5O5S/c1-14(15-6-8-17(9-7-15)32-13-19(23)28)24-20(29)5-3-2-4-16-12-27(26-25-16)18-10-11-33-21(18)22(30)31/h6-12,14H,2-5,13H2,1H3,(H2,23,28)(H,24,29)(H,30,31). The largest absolute Gasteiger partial charge is 0.484 e. The molecule has 2 amide bonds.